The zero-order valence-electron chi connectivity index (χ0n) is 9.99. The molecule has 0 radical (unpaired) electrons. The topological polar surface area (TPSA) is 52.0 Å². The van der Waals surface area contributed by atoms with Crippen LogP contribution in [0.25, 0.3) is 5.69 Å². The van der Waals surface area contributed by atoms with Gasteiger partial charge in [-0.05, 0) is 26.0 Å². The Hall–Kier alpha value is -1.11. The van der Waals surface area contributed by atoms with E-state index < -0.39 is 14.9 Å². The highest BCUT2D eigenvalue weighted by molar-refractivity contribution is 8.13. The number of rotatable bonds is 2. The van der Waals surface area contributed by atoms with Crippen LogP contribution in [0.4, 0.5) is 4.39 Å². The molecule has 1 heterocycles. The number of benzene rings is 1. The van der Waals surface area contributed by atoms with E-state index in [4.69, 9.17) is 22.3 Å². The second-order valence-electron chi connectivity index (χ2n) is 3.95. The highest BCUT2D eigenvalue weighted by Crippen LogP contribution is 2.26. The standard InChI is InChI=1S/C11H9Cl2FN2O2S/c1-6-11(19(13,17)18)7(2)16(15-6)8-3-4-9(12)10(14)5-8/h3-5H,1-2H3. The molecular weight excluding hydrogens is 314 g/mol. The first-order valence-corrected chi connectivity index (χ1v) is 7.87. The molecule has 19 heavy (non-hydrogen) atoms. The third-order valence-electron chi connectivity index (χ3n) is 2.62. The van der Waals surface area contributed by atoms with Gasteiger partial charge in [0.2, 0.25) is 0 Å². The molecule has 8 heteroatoms. The summed E-state index contributed by atoms with van der Waals surface area (Å²) in [7, 11) is 1.45. The van der Waals surface area contributed by atoms with E-state index >= 15 is 0 Å². The predicted molar refractivity (Wildman–Crippen MR) is 71.0 cm³/mol. The van der Waals surface area contributed by atoms with E-state index in [9.17, 15) is 12.8 Å². The molecule has 0 N–H and O–H groups in total. The fourth-order valence-corrected chi connectivity index (χ4v) is 3.47. The Morgan fingerprint density at radius 2 is 1.95 bits per heavy atom. The number of hydrogen-bond donors (Lipinski definition) is 0. The fraction of sp³-hybridized carbons (Fsp3) is 0.182. The molecule has 0 aliphatic rings. The summed E-state index contributed by atoms with van der Waals surface area (Å²) in [5.41, 5.74) is 0.936. The van der Waals surface area contributed by atoms with Crippen molar-refractivity contribution in [3.8, 4) is 5.69 Å². The maximum atomic E-state index is 13.4. The van der Waals surface area contributed by atoms with Gasteiger partial charge in [-0.1, -0.05) is 11.6 Å². The second-order valence-corrected chi connectivity index (χ2v) is 6.86. The van der Waals surface area contributed by atoms with Gasteiger partial charge in [-0.15, -0.1) is 0 Å². The summed E-state index contributed by atoms with van der Waals surface area (Å²) in [6.45, 7) is 3.06. The molecule has 0 fully saturated rings. The first-order valence-electron chi connectivity index (χ1n) is 5.18. The van der Waals surface area contributed by atoms with Crippen LogP contribution >= 0.6 is 22.3 Å². The molecule has 4 nitrogen and oxygen atoms in total. The third kappa shape index (κ3) is 2.61. The molecule has 1 aromatic carbocycles. The van der Waals surface area contributed by atoms with E-state index in [0.29, 0.717) is 11.4 Å². The van der Waals surface area contributed by atoms with Gasteiger partial charge in [-0.3, -0.25) is 0 Å². The molecule has 0 atom stereocenters. The van der Waals surface area contributed by atoms with Crippen molar-refractivity contribution in [3.05, 3.63) is 40.4 Å². The molecule has 2 aromatic rings. The lowest BCUT2D eigenvalue weighted by Crippen LogP contribution is -2.01. The van der Waals surface area contributed by atoms with Crippen molar-refractivity contribution in [2.75, 3.05) is 0 Å². The van der Waals surface area contributed by atoms with Crippen molar-refractivity contribution in [3.63, 3.8) is 0 Å². The first kappa shape index (κ1) is 14.3. The van der Waals surface area contributed by atoms with E-state index in [1.54, 1.807) is 6.92 Å². The van der Waals surface area contributed by atoms with E-state index in [0.717, 1.165) is 0 Å². The van der Waals surface area contributed by atoms with Crippen LogP contribution in [-0.4, -0.2) is 18.2 Å². The van der Waals surface area contributed by atoms with Crippen LogP contribution < -0.4 is 0 Å². The van der Waals surface area contributed by atoms with Crippen LogP contribution in [0.2, 0.25) is 5.02 Å². The van der Waals surface area contributed by atoms with Gasteiger partial charge in [-0.25, -0.2) is 17.5 Å². The number of halogens is 3. The molecule has 0 saturated carbocycles. The van der Waals surface area contributed by atoms with Gasteiger partial charge in [-0.2, -0.15) is 5.10 Å². The molecule has 0 amide bonds. The maximum absolute atomic E-state index is 13.4. The van der Waals surface area contributed by atoms with Crippen LogP contribution in [0.5, 0.6) is 0 Å². The van der Waals surface area contributed by atoms with Gasteiger partial charge < -0.3 is 0 Å². The van der Waals surface area contributed by atoms with Crippen molar-refractivity contribution in [1.29, 1.82) is 0 Å². The van der Waals surface area contributed by atoms with Gasteiger partial charge in [0.1, 0.15) is 10.7 Å². The Bertz CT molecular complexity index is 756. The lowest BCUT2D eigenvalue weighted by Gasteiger charge is -2.05. The number of nitrogens with zero attached hydrogens (tertiary/aromatic N) is 2. The van der Waals surface area contributed by atoms with Crippen molar-refractivity contribution in [2.24, 2.45) is 0 Å². The summed E-state index contributed by atoms with van der Waals surface area (Å²) < 4.78 is 37.6. The zero-order valence-corrected chi connectivity index (χ0v) is 12.3. The van der Waals surface area contributed by atoms with Gasteiger partial charge >= 0.3 is 0 Å². The molecule has 0 spiro atoms. The average Bonchev–Trinajstić information content (AvgIpc) is 2.57. The van der Waals surface area contributed by atoms with Gasteiger partial charge in [0.15, 0.2) is 0 Å². The normalized spacial score (nSPS) is 11.8. The Balaban J connectivity index is 2.68. The molecule has 1 aromatic heterocycles. The summed E-state index contributed by atoms with van der Waals surface area (Å²) >= 11 is 5.60. The lowest BCUT2D eigenvalue weighted by atomic mass is 10.3. The minimum atomic E-state index is -3.90. The van der Waals surface area contributed by atoms with Crippen LogP contribution in [0.15, 0.2) is 23.1 Å². The SMILES string of the molecule is Cc1nn(-c2ccc(Cl)c(F)c2)c(C)c1S(=O)(=O)Cl. The molecule has 0 aliphatic heterocycles. The van der Waals surface area contributed by atoms with Crippen LogP contribution in [0.3, 0.4) is 0 Å². The summed E-state index contributed by atoms with van der Waals surface area (Å²) in [5.74, 6) is -0.609. The molecular formula is C11H9Cl2FN2O2S. The van der Waals surface area contributed by atoms with E-state index in [2.05, 4.69) is 5.10 Å². The van der Waals surface area contributed by atoms with Crippen molar-refractivity contribution < 1.29 is 12.8 Å². The van der Waals surface area contributed by atoms with Crippen LogP contribution in [-0.2, 0) is 9.05 Å². The molecule has 102 valence electrons. The minimum Gasteiger partial charge on any atom is -0.236 e. The van der Waals surface area contributed by atoms with E-state index in [1.165, 1.54) is 29.8 Å². The first-order chi connectivity index (χ1) is 8.71. The zero-order chi connectivity index (χ0) is 14.4. The molecule has 2 rings (SSSR count). The van der Waals surface area contributed by atoms with Gasteiger partial charge in [0.25, 0.3) is 9.05 Å². The quantitative estimate of drug-likeness (QED) is 0.798. The van der Waals surface area contributed by atoms with E-state index in [1.807, 2.05) is 0 Å². The molecule has 0 aliphatic carbocycles. The molecule has 0 unspecified atom stereocenters. The highest BCUT2D eigenvalue weighted by Gasteiger charge is 2.23. The minimum absolute atomic E-state index is 0.0181. The van der Waals surface area contributed by atoms with Crippen LogP contribution in [0.1, 0.15) is 11.4 Å². The average molecular weight is 323 g/mol. The Labute approximate surface area is 119 Å². The Morgan fingerprint density at radius 3 is 2.42 bits per heavy atom. The third-order valence-corrected chi connectivity index (χ3v) is 4.46. The highest BCUT2D eigenvalue weighted by atomic mass is 35.7. The van der Waals surface area contributed by atoms with Gasteiger partial charge in [0.05, 0.1) is 22.1 Å². The smallest absolute Gasteiger partial charge is 0.236 e. The van der Waals surface area contributed by atoms with Crippen LogP contribution in [0, 0.1) is 19.7 Å². The lowest BCUT2D eigenvalue weighted by molar-refractivity contribution is 0.608. The predicted octanol–water partition coefficient (Wildman–Crippen LogP) is 3.21. The monoisotopic (exact) mass is 322 g/mol. The fourth-order valence-electron chi connectivity index (χ4n) is 1.85. The Morgan fingerprint density at radius 1 is 1.32 bits per heavy atom. The van der Waals surface area contributed by atoms with E-state index in [-0.39, 0.29) is 15.6 Å². The van der Waals surface area contributed by atoms with Gasteiger partial charge in [0, 0.05) is 16.7 Å². The number of hydrogen-bond acceptors (Lipinski definition) is 3. The molecule has 0 saturated heterocycles. The second kappa shape index (κ2) is 4.77. The number of aryl methyl sites for hydroxylation is 1. The summed E-state index contributed by atoms with van der Waals surface area (Å²) in [6.07, 6.45) is 0. The van der Waals surface area contributed by atoms with Crippen molar-refractivity contribution in [2.45, 2.75) is 18.7 Å². The Kier molecular flexibility index (Phi) is 3.59. The van der Waals surface area contributed by atoms with Crippen molar-refractivity contribution >= 4 is 31.3 Å². The summed E-state index contributed by atoms with van der Waals surface area (Å²) in [5, 5.41) is 4.04. The van der Waals surface area contributed by atoms with Crippen molar-refractivity contribution in [1.82, 2.24) is 9.78 Å². The maximum Gasteiger partial charge on any atom is 0.264 e. The summed E-state index contributed by atoms with van der Waals surface area (Å²) in [6, 6.07) is 4.08. The number of aromatic nitrogens is 2. The summed E-state index contributed by atoms with van der Waals surface area (Å²) in [4.78, 5) is -0.0653. The molecule has 0 bridgehead atoms. The largest absolute Gasteiger partial charge is 0.264 e.